The predicted octanol–water partition coefficient (Wildman–Crippen LogP) is 1.29. The molecule has 0 aliphatic carbocycles. The Labute approximate surface area is 141 Å². The maximum absolute atomic E-state index is 9.93. The lowest BCUT2D eigenvalue weighted by Crippen LogP contribution is -2.35. The third-order valence-electron chi connectivity index (χ3n) is 3.04. The number of hydrogen-bond acceptors (Lipinski definition) is 8. The van der Waals surface area contributed by atoms with E-state index in [0.717, 1.165) is 0 Å². The first-order valence-electron chi connectivity index (χ1n) is 7.70. The summed E-state index contributed by atoms with van der Waals surface area (Å²) < 4.78 is 11.3. The Morgan fingerprint density at radius 3 is 2.50 bits per heavy atom. The zero-order valence-electron chi connectivity index (χ0n) is 13.8. The van der Waals surface area contributed by atoms with E-state index in [-0.39, 0.29) is 6.61 Å². The number of nitrogens with zero attached hydrogens (tertiary/aromatic N) is 2. The summed E-state index contributed by atoms with van der Waals surface area (Å²) in [5.74, 6) is 7.00. The molecular weight excluding hydrogens is 310 g/mol. The van der Waals surface area contributed by atoms with Crippen molar-refractivity contribution in [3.05, 3.63) is 36.4 Å². The van der Waals surface area contributed by atoms with E-state index >= 15 is 0 Å². The Bertz CT molecular complexity index is 621. The fourth-order valence-corrected chi connectivity index (χ4v) is 1.83. The SMILES string of the molecule is CC(C)NCC(O)COc1ccccc1Oc1ccc(NN)nn1. The van der Waals surface area contributed by atoms with E-state index in [1.54, 1.807) is 24.3 Å². The van der Waals surface area contributed by atoms with E-state index in [0.29, 0.717) is 35.8 Å². The van der Waals surface area contributed by atoms with Crippen LogP contribution in [-0.2, 0) is 0 Å². The summed E-state index contributed by atoms with van der Waals surface area (Å²) in [6, 6.07) is 10.8. The average Bonchev–Trinajstić information content (AvgIpc) is 2.60. The molecule has 1 heterocycles. The second kappa shape index (κ2) is 9.02. The molecule has 2 aromatic rings. The number of para-hydroxylation sites is 2. The molecule has 1 atom stereocenters. The molecule has 8 heteroatoms. The van der Waals surface area contributed by atoms with Gasteiger partial charge in [0.05, 0.1) is 0 Å². The molecule has 0 amide bonds. The van der Waals surface area contributed by atoms with Gasteiger partial charge in [0.2, 0.25) is 5.88 Å². The Morgan fingerprint density at radius 2 is 1.88 bits per heavy atom. The van der Waals surface area contributed by atoms with E-state index in [1.165, 1.54) is 0 Å². The molecule has 0 aliphatic heterocycles. The van der Waals surface area contributed by atoms with Gasteiger partial charge in [0.15, 0.2) is 17.3 Å². The minimum atomic E-state index is -0.616. The number of nitrogens with one attached hydrogen (secondary N) is 2. The van der Waals surface area contributed by atoms with Crippen LogP contribution in [0.2, 0.25) is 0 Å². The van der Waals surface area contributed by atoms with Gasteiger partial charge in [0.1, 0.15) is 12.7 Å². The smallest absolute Gasteiger partial charge is 0.239 e. The molecule has 0 fully saturated rings. The summed E-state index contributed by atoms with van der Waals surface area (Å²) in [5.41, 5.74) is 2.39. The van der Waals surface area contributed by atoms with Gasteiger partial charge in [0.25, 0.3) is 0 Å². The van der Waals surface area contributed by atoms with Crippen molar-refractivity contribution in [2.24, 2.45) is 5.84 Å². The summed E-state index contributed by atoms with van der Waals surface area (Å²) in [4.78, 5) is 0. The molecule has 0 bridgehead atoms. The Hall–Kier alpha value is -2.42. The van der Waals surface area contributed by atoms with Crippen LogP contribution < -0.4 is 26.1 Å². The van der Waals surface area contributed by atoms with Crippen LogP contribution in [0.4, 0.5) is 5.82 Å². The van der Waals surface area contributed by atoms with Crippen LogP contribution in [0.5, 0.6) is 17.4 Å². The van der Waals surface area contributed by atoms with Gasteiger partial charge in [-0.25, -0.2) is 5.84 Å². The normalized spacial score (nSPS) is 12.0. The highest BCUT2D eigenvalue weighted by Crippen LogP contribution is 2.30. The topological polar surface area (TPSA) is 115 Å². The Morgan fingerprint density at radius 1 is 1.12 bits per heavy atom. The second-order valence-electron chi connectivity index (χ2n) is 5.48. The monoisotopic (exact) mass is 333 g/mol. The minimum Gasteiger partial charge on any atom is -0.487 e. The van der Waals surface area contributed by atoms with Crippen LogP contribution in [0.3, 0.4) is 0 Å². The molecule has 2 rings (SSSR count). The summed E-state index contributed by atoms with van der Waals surface area (Å²) in [6.45, 7) is 4.65. The number of nitrogen functional groups attached to an aromatic ring is 1. The van der Waals surface area contributed by atoms with Crippen molar-refractivity contribution < 1.29 is 14.6 Å². The quantitative estimate of drug-likeness (QED) is 0.401. The van der Waals surface area contributed by atoms with Crippen LogP contribution in [0, 0.1) is 0 Å². The van der Waals surface area contributed by atoms with Gasteiger partial charge in [0, 0.05) is 18.7 Å². The number of ether oxygens (including phenoxy) is 2. The number of aliphatic hydroxyl groups excluding tert-OH is 1. The number of hydrazine groups is 1. The van der Waals surface area contributed by atoms with Crippen LogP contribution in [0.15, 0.2) is 36.4 Å². The predicted molar refractivity (Wildman–Crippen MR) is 91.0 cm³/mol. The fourth-order valence-electron chi connectivity index (χ4n) is 1.83. The second-order valence-corrected chi connectivity index (χ2v) is 5.48. The molecule has 8 nitrogen and oxygen atoms in total. The van der Waals surface area contributed by atoms with Gasteiger partial charge < -0.3 is 25.3 Å². The van der Waals surface area contributed by atoms with E-state index in [9.17, 15) is 5.11 Å². The molecule has 0 saturated carbocycles. The summed E-state index contributed by atoms with van der Waals surface area (Å²) in [6.07, 6.45) is -0.616. The number of nitrogens with two attached hydrogens (primary N) is 1. The molecule has 130 valence electrons. The first kappa shape index (κ1) is 17.9. The highest BCUT2D eigenvalue weighted by atomic mass is 16.5. The zero-order chi connectivity index (χ0) is 17.4. The van der Waals surface area contributed by atoms with Crippen molar-refractivity contribution in [2.75, 3.05) is 18.6 Å². The van der Waals surface area contributed by atoms with E-state index in [2.05, 4.69) is 20.9 Å². The Balaban J connectivity index is 1.96. The van der Waals surface area contributed by atoms with Crippen LogP contribution >= 0.6 is 0 Å². The lowest BCUT2D eigenvalue weighted by atomic mass is 10.3. The third kappa shape index (κ3) is 5.65. The number of rotatable bonds is 9. The van der Waals surface area contributed by atoms with Gasteiger partial charge in [-0.1, -0.05) is 26.0 Å². The van der Waals surface area contributed by atoms with Crippen LogP contribution in [-0.4, -0.2) is 40.6 Å². The maximum atomic E-state index is 9.93. The molecule has 0 spiro atoms. The van der Waals surface area contributed by atoms with Gasteiger partial charge in [-0.15, -0.1) is 10.2 Å². The fraction of sp³-hybridized carbons (Fsp3) is 0.375. The highest BCUT2D eigenvalue weighted by molar-refractivity contribution is 5.42. The summed E-state index contributed by atoms with van der Waals surface area (Å²) in [7, 11) is 0. The first-order chi connectivity index (χ1) is 11.6. The van der Waals surface area contributed by atoms with Gasteiger partial charge in [-0.2, -0.15) is 0 Å². The van der Waals surface area contributed by atoms with Crippen molar-refractivity contribution in [2.45, 2.75) is 26.0 Å². The molecule has 0 radical (unpaired) electrons. The third-order valence-corrected chi connectivity index (χ3v) is 3.04. The molecule has 1 aromatic carbocycles. The van der Waals surface area contributed by atoms with Crippen molar-refractivity contribution >= 4 is 5.82 Å². The number of hydrogen-bond donors (Lipinski definition) is 4. The van der Waals surface area contributed by atoms with E-state index in [1.807, 2.05) is 26.0 Å². The number of aliphatic hydroxyl groups is 1. The largest absolute Gasteiger partial charge is 0.487 e. The Kier molecular flexibility index (Phi) is 6.74. The van der Waals surface area contributed by atoms with Gasteiger partial charge in [-0.3, -0.25) is 0 Å². The van der Waals surface area contributed by atoms with E-state index < -0.39 is 6.10 Å². The lowest BCUT2D eigenvalue weighted by molar-refractivity contribution is 0.103. The minimum absolute atomic E-state index is 0.155. The van der Waals surface area contributed by atoms with Crippen LogP contribution in [0.1, 0.15) is 13.8 Å². The maximum Gasteiger partial charge on any atom is 0.239 e. The summed E-state index contributed by atoms with van der Waals surface area (Å²) >= 11 is 0. The van der Waals surface area contributed by atoms with Crippen LogP contribution in [0.25, 0.3) is 0 Å². The molecule has 0 aliphatic rings. The molecule has 24 heavy (non-hydrogen) atoms. The van der Waals surface area contributed by atoms with E-state index in [4.69, 9.17) is 15.3 Å². The van der Waals surface area contributed by atoms with Crippen molar-refractivity contribution in [3.8, 4) is 17.4 Å². The van der Waals surface area contributed by atoms with Crippen molar-refractivity contribution in [1.29, 1.82) is 0 Å². The molecule has 1 aromatic heterocycles. The molecule has 1 unspecified atom stereocenters. The number of aromatic nitrogens is 2. The molecule has 5 N–H and O–H groups in total. The average molecular weight is 333 g/mol. The first-order valence-corrected chi connectivity index (χ1v) is 7.70. The number of benzene rings is 1. The standard InChI is InChI=1S/C16H23N5O3/c1-11(2)18-9-12(22)10-23-13-5-3-4-6-14(13)24-16-8-7-15(19-17)20-21-16/h3-8,11-12,18,22H,9-10,17H2,1-2H3,(H,19,20). The molecular formula is C16H23N5O3. The molecule has 0 saturated heterocycles. The van der Waals surface area contributed by atoms with Gasteiger partial charge in [-0.05, 0) is 18.2 Å². The summed E-state index contributed by atoms with van der Waals surface area (Å²) in [5, 5.41) is 20.8. The van der Waals surface area contributed by atoms with Gasteiger partial charge >= 0.3 is 0 Å². The number of anilines is 1. The lowest BCUT2D eigenvalue weighted by Gasteiger charge is -2.16. The highest BCUT2D eigenvalue weighted by Gasteiger charge is 2.10. The van der Waals surface area contributed by atoms with Crippen molar-refractivity contribution in [3.63, 3.8) is 0 Å². The van der Waals surface area contributed by atoms with Crippen molar-refractivity contribution in [1.82, 2.24) is 15.5 Å². The zero-order valence-corrected chi connectivity index (χ0v) is 13.8.